The second kappa shape index (κ2) is 16.8. The molecule has 232 valence electrons. The molecule has 0 saturated heterocycles. The summed E-state index contributed by atoms with van der Waals surface area (Å²) in [6.07, 6.45) is 6.09. The third-order valence-electron chi connectivity index (χ3n) is 6.92. The standard InChI is InChI=1S/C35H38O9/c1-4-34(36)43-32-11-10-26-21-28(9-8-27(26)22-32)35(37)44-33-17-16-31(20-25(33)3)42-24-41-30-14-12-29(13-15-30)40-19-7-6-18-39-23-38-5-2/h4-5,8-9,12-17,20-21,32H,1-2,6-7,10-11,18-19,22-24H2,3H3. The average molecular weight is 603 g/mol. The molecule has 4 rings (SSSR count). The molecule has 0 amide bonds. The zero-order valence-corrected chi connectivity index (χ0v) is 25.0. The molecule has 0 aromatic heterocycles. The first-order valence-electron chi connectivity index (χ1n) is 14.5. The van der Waals surface area contributed by atoms with Gasteiger partial charge >= 0.3 is 11.9 Å². The summed E-state index contributed by atoms with van der Waals surface area (Å²) < 4.78 is 38.4. The Morgan fingerprint density at radius 2 is 1.57 bits per heavy atom. The Kier molecular flexibility index (Phi) is 12.3. The number of hydrogen-bond acceptors (Lipinski definition) is 9. The zero-order valence-electron chi connectivity index (χ0n) is 25.0. The van der Waals surface area contributed by atoms with Gasteiger partial charge in [0.1, 0.15) is 29.1 Å². The Bertz CT molecular complexity index is 1410. The van der Waals surface area contributed by atoms with E-state index in [1.165, 1.54) is 12.3 Å². The van der Waals surface area contributed by atoms with Crippen molar-refractivity contribution in [2.24, 2.45) is 0 Å². The van der Waals surface area contributed by atoms with Crippen molar-refractivity contribution < 1.29 is 42.7 Å². The summed E-state index contributed by atoms with van der Waals surface area (Å²) >= 11 is 0. The van der Waals surface area contributed by atoms with Crippen LogP contribution in [-0.2, 0) is 31.8 Å². The number of esters is 2. The molecule has 1 aliphatic carbocycles. The quantitative estimate of drug-likeness (QED) is 0.0428. The first kappa shape index (κ1) is 32.2. The van der Waals surface area contributed by atoms with Crippen LogP contribution in [0.1, 0.15) is 46.3 Å². The third-order valence-corrected chi connectivity index (χ3v) is 6.92. The molecule has 0 spiro atoms. The molecule has 0 N–H and O–H groups in total. The number of carbonyl (C=O) groups excluding carboxylic acids is 2. The number of rotatable bonds is 17. The highest BCUT2D eigenvalue weighted by Gasteiger charge is 2.23. The number of hydrogen-bond donors (Lipinski definition) is 0. The van der Waals surface area contributed by atoms with Crippen molar-refractivity contribution in [3.63, 3.8) is 0 Å². The van der Waals surface area contributed by atoms with Gasteiger partial charge < -0.3 is 33.2 Å². The fourth-order valence-corrected chi connectivity index (χ4v) is 4.60. The molecule has 44 heavy (non-hydrogen) atoms. The van der Waals surface area contributed by atoms with Gasteiger partial charge in [-0.3, -0.25) is 0 Å². The molecule has 0 fully saturated rings. The second-order valence-corrected chi connectivity index (χ2v) is 10.1. The molecule has 1 unspecified atom stereocenters. The van der Waals surface area contributed by atoms with Gasteiger partial charge in [-0.25, -0.2) is 9.59 Å². The summed E-state index contributed by atoms with van der Waals surface area (Å²) in [6, 6.07) is 18.0. The summed E-state index contributed by atoms with van der Waals surface area (Å²) in [7, 11) is 0. The maximum Gasteiger partial charge on any atom is 0.343 e. The van der Waals surface area contributed by atoms with E-state index in [0.717, 1.165) is 35.3 Å². The number of benzene rings is 3. The molecule has 1 atom stereocenters. The van der Waals surface area contributed by atoms with Crippen LogP contribution < -0.4 is 18.9 Å². The molecule has 9 nitrogen and oxygen atoms in total. The lowest BCUT2D eigenvalue weighted by Crippen LogP contribution is -2.25. The van der Waals surface area contributed by atoms with Crippen LogP contribution in [0.3, 0.4) is 0 Å². The van der Waals surface area contributed by atoms with Crippen molar-refractivity contribution >= 4 is 11.9 Å². The van der Waals surface area contributed by atoms with Crippen molar-refractivity contribution in [2.45, 2.75) is 45.1 Å². The molecular weight excluding hydrogens is 564 g/mol. The number of fused-ring (bicyclic) bond motifs is 1. The lowest BCUT2D eigenvalue weighted by Gasteiger charge is -2.24. The van der Waals surface area contributed by atoms with E-state index in [4.69, 9.17) is 33.2 Å². The maximum atomic E-state index is 12.9. The molecule has 0 bridgehead atoms. The Balaban J connectivity index is 1.18. The topological polar surface area (TPSA) is 98.8 Å². The fourth-order valence-electron chi connectivity index (χ4n) is 4.60. The van der Waals surface area contributed by atoms with Gasteiger partial charge in [0.2, 0.25) is 6.79 Å². The highest BCUT2D eigenvalue weighted by Crippen LogP contribution is 2.27. The number of aryl methyl sites for hydroxylation is 2. The van der Waals surface area contributed by atoms with Crippen molar-refractivity contribution in [1.82, 2.24) is 0 Å². The average Bonchev–Trinajstić information content (AvgIpc) is 3.04. The van der Waals surface area contributed by atoms with Crippen molar-refractivity contribution in [3.8, 4) is 23.0 Å². The van der Waals surface area contributed by atoms with E-state index in [-0.39, 0.29) is 19.7 Å². The predicted molar refractivity (Wildman–Crippen MR) is 164 cm³/mol. The minimum absolute atomic E-state index is 0.0110. The zero-order chi connectivity index (χ0) is 31.1. The second-order valence-electron chi connectivity index (χ2n) is 10.1. The molecule has 0 heterocycles. The summed E-state index contributed by atoms with van der Waals surface area (Å²) in [5.74, 6) is 1.57. The largest absolute Gasteiger partial charge is 0.494 e. The molecule has 0 radical (unpaired) electrons. The Labute approximate surface area is 257 Å². The van der Waals surface area contributed by atoms with E-state index in [1.54, 1.807) is 24.3 Å². The van der Waals surface area contributed by atoms with Crippen LogP contribution in [-0.4, -0.2) is 44.8 Å². The number of ether oxygens (including phenoxy) is 7. The van der Waals surface area contributed by atoms with E-state index in [1.807, 2.05) is 43.3 Å². The monoisotopic (exact) mass is 602 g/mol. The van der Waals surface area contributed by atoms with E-state index >= 15 is 0 Å². The Morgan fingerprint density at radius 3 is 2.32 bits per heavy atom. The van der Waals surface area contributed by atoms with Gasteiger partial charge in [0, 0.05) is 12.5 Å². The van der Waals surface area contributed by atoms with Crippen LogP contribution in [0.5, 0.6) is 23.0 Å². The van der Waals surface area contributed by atoms with Gasteiger partial charge in [-0.15, -0.1) is 0 Å². The maximum absolute atomic E-state index is 12.9. The van der Waals surface area contributed by atoms with Gasteiger partial charge in [-0.05, 0) is 104 Å². The van der Waals surface area contributed by atoms with E-state index < -0.39 is 11.9 Å². The lowest BCUT2D eigenvalue weighted by atomic mass is 9.88. The highest BCUT2D eigenvalue weighted by atomic mass is 16.7. The molecule has 1 aliphatic rings. The van der Waals surface area contributed by atoms with Gasteiger partial charge in [0.25, 0.3) is 0 Å². The van der Waals surface area contributed by atoms with Crippen LogP contribution >= 0.6 is 0 Å². The van der Waals surface area contributed by atoms with Crippen molar-refractivity contribution in [2.75, 3.05) is 26.8 Å². The lowest BCUT2D eigenvalue weighted by molar-refractivity contribution is -0.143. The summed E-state index contributed by atoms with van der Waals surface area (Å²) in [4.78, 5) is 24.4. The van der Waals surface area contributed by atoms with Crippen LogP contribution in [0.4, 0.5) is 0 Å². The molecule has 9 heteroatoms. The van der Waals surface area contributed by atoms with Crippen LogP contribution in [0.2, 0.25) is 0 Å². The molecule has 3 aromatic carbocycles. The van der Waals surface area contributed by atoms with Gasteiger partial charge in [0.15, 0.2) is 6.79 Å². The van der Waals surface area contributed by atoms with E-state index in [2.05, 4.69) is 13.2 Å². The highest BCUT2D eigenvalue weighted by molar-refractivity contribution is 5.91. The minimum Gasteiger partial charge on any atom is -0.494 e. The summed E-state index contributed by atoms with van der Waals surface area (Å²) in [6.45, 7) is 10.2. The molecule has 0 aliphatic heterocycles. The first-order chi connectivity index (χ1) is 21.4. The fraction of sp³-hybridized carbons (Fsp3) is 0.314. The van der Waals surface area contributed by atoms with E-state index in [0.29, 0.717) is 55.3 Å². The van der Waals surface area contributed by atoms with Crippen molar-refractivity contribution in [1.29, 1.82) is 0 Å². The molecular formula is C35H38O9. The van der Waals surface area contributed by atoms with Gasteiger partial charge in [0.05, 0.1) is 25.0 Å². The third kappa shape index (κ3) is 9.91. The van der Waals surface area contributed by atoms with Crippen LogP contribution in [0.15, 0.2) is 86.2 Å². The smallest absolute Gasteiger partial charge is 0.343 e. The minimum atomic E-state index is -0.441. The Morgan fingerprint density at radius 1 is 0.841 bits per heavy atom. The number of unbranched alkanes of at least 4 members (excludes halogenated alkanes) is 1. The van der Waals surface area contributed by atoms with Crippen LogP contribution in [0.25, 0.3) is 0 Å². The molecule has 0 saturated carbocycles. The number of carbonyl (C=O) groups is 2. The normalized spacial score (nSPS) is 13.6. The SMILES string of the molecule is C=COCOCCCCOc1ccc(OCOc2ccc(OC(=O)c3ccc4c(c3)CCC(OC(=O)C=C)C4)c(C)c2)cc1. The Hall–Kier alpha value is -4.76. The molecule has 3 aromatic rings. The predicted octanol–water partition coefficient (Wildman–Crippen LogP) is 6.51. The van der Waals surface area contributed by atoms with Gasteiger partial charge in [-0.1, -0.05) is 19.2 Å². The first-order valence-corrected chi connectivity index (χ1v) is 14.5. The van der Waals surface area contributed by atoms with Crippen LogP contribution in [0, 0.1) is 6.92 Å². The van der Waals surface area contributed by atoms with Crippen molar-refractivity contribution in [3.05, 3.63) is 108 Å². The van der Waals surface area contributed by atoms with Gasteiger partial charge in [-0.2, -0.15) is 0 Å². The summed E-state index contributed by atoms with van der Waals surface area (Å²) in [5, 5.41) is 0. The summed E-state index contributed by atoms with van der Waals surface area (Å²) in [5.41, 5.74) is 3.33. The van der Waals surface area contributed by atoms with E-state index in [9.17, 15) is 9.59 Å².